The number of nitrogens with one attached hydrogen (secondary N) is 1. The van der Waals surface area contributed by atoms with E-state index < -0.39 is 5.82 Å². The van der Waals surface area contributed by atoms with Gasteiger partial charge in [0.05, 0.1) is 6.54 Å². The van der Waals surface area contributed by atoms with E-state index in [4.69, 9.17) is 4.74 Å². The first-order valence-electron chi connectivity index (χ1n) is 7.89. The quantitative estimate of drug-likeness (QED) is 0.812. The highest BCUT2D eigenvalue weighted by atomic mass is 19.1. The number of rotatable bonds is 6. The van der Waals surface area contributed by atoms with Crippen LogP contribution in [0.15, 0.2) is 53.7 Å². The van der Waals surface area contributed by atoms with Crippen molar-refractivity contribution in [3.63, 3.8) is 0 Å². The van der Waals surface area contributed by atoms with Crippen LogP contribution in [-0.2, 0) is 6.42 Å². The minimum absolute atomic E-state index is 0.00250. The molecule has 0 saturated carbocycles. The van der Waals surface area contributed by atoms with Crippen molar-refractivity contribution in [1.29, 1.82) is 0 Å². The van der Waals surface area contributed by atoms with Gasteiger partial charge in [0.25, 0.3) is 0 Å². The molecule has 2 aromatic rings. The van der Waals surface area contributed by atoms with Crippen molar-refractivity contribution in [2.24, 2.45) is 4.99 Å². The van der Waals surface area contributed by atoms with E-state index in [0.29, 0.717) is 12.2 Å². The Hall–Kier alpha value is -2.82. The van der Waals surface area contributed by atoms with Gasteiger partial charge in [0, 0.05) is 30.1 Å². The maximum atomic E-state index is 14.2. The summed E-state index contributed by atoms with van der Waals surface area (Å²) in [5, 5.41) is 13.1. The number of allylic oxidation sites excluding steroid dienone is 1. The van der Waals surface area contributed by atoms with Gasteiger partial charge in [-0.05, 0) is 36.2 Å². The van der Waals surface area contributed by atoms with Crippen LogP contribution >= 0.6 is 0 Å². The Balaban J connectivity index is 1.68. The summed E-state index contributed by atoms with van der Waals surface area (Å²) in [5.41, 5.74) is 2.65. The van der Waals surface area contributed by atoms with Gasteiger partial charge in [-0.1, -0.05) is 19.1 Å². The predicted octanol–water partition coefficient (Wildman–Crippen LogP) is 4.66. The lowest BCUT2D eigenvalue weighted by molar-refractivity contribution is 0.395. The molecule has 24 heavy (non-hydrogen) atoms. The fraction of sp³-hybridized carbons (Fsp3) is 0.211. The number of aryl methyl sites for hydroxylation is 1. The monoisotopic (exact) mass is 326 g/mol. The second kappa shape index (κ2) is 7.17. The molecule has 1 aliphatic rings. The summed E-state index contributed by atoms with van der Waals surface area (Å²) in [7, 11) is 0. The van der Waals surface area contributed by atoms with Crippen LogP contribution in [0, 0.1) is 5.82 Å². The Morgan fingerprint density at radius 1 is 1.21 bits per heavy atom. The average Bonchev–Trinajstić information content (AvgIpc) is 3.10. The number of benzene rings is 2. The molecule has 1 heterocycles. The van der Waals surface area contributed by atoms with Crippen LogP contribution in [0.25, 0.3) is 0 Å². The summed E-state index contributed by atoms with van der Waals surface area (Å²) in [6.07, 6.45) is 5.38. The molecule has 2 N–H and O–H groups in total. The van der Waals surface area contributed by atoms with Gasteiger partial charge in [-0.2, -0.15) is 0 Å². The van der Waals surface area contributed by atoms with Crippen LogP contribution in [0.3, 0.4) is 0 Å². The number of aliphatic imine (C=N–C) groups is 1. The fourth-order valence-corrected chi connectivity index (χ4v) is 2.40. The Bertz CT molecular complexity index is 800. The zero-order valence-electron chi connectivity index (χ0n) is 13.4. The molecule has 0 amide bonds. The second-order valence-corrected chi connectivity index (χ2v) is 5.54. The summed E-state index contributed by atoms with van der Waals surface area (Å²) in [6, 6.07) is 9.76. The predicted molar refractivity (Wildman–Crippen MR) is 93.6 cm³/mol. The molecule has 5 heteroatoms. The molecule has 4 nitrogen and oxygen atoms in total. The Morgan fingerprint density at radius 3 is 2.71 bits per heavy atom. The van der Waals surface area contributed by atoms with Crippen LogP contribution in [0.2, 0.25) is 0 Å². The van der Waals surface area contributed by atoms with E-state index in [1.165, 1.54) is 6.07 Å². The van der Waals surface area contributed by atoms with E-state index in [9.17, 15) is 9.50 Å². The topological polar surface area (TPSA) is 53.8 Å². The highest BCUT2D eigenvalue weighted by Crippen LogP contribution is 2.33. The van der Waals surface area contributed by atoms with Crippen molar-refractivity contribution in [1.82, 2.24) is 0 Å². The van der Waals surface area contributed by atoms with Crippen molar-refractivity contribution >= 4 is 11.4 Å². The number of halogens is 1. The molecule has 0 bridgehead atoms. The lowest BCUT2D eigenvalue weighted by Crippen LogP contribution is -2.11. The summed E-state index contributed by atoms with van der Waals surface area (Å²) >= 11 is 0. The van der Waals surface area contributed by atoms with Crippen LogP contribution in [-0.4, -0.2) is 17.4 Å². The maximum Gasteiger partial charge on any atom is 0.169 e. The first kappa shape index (κ1) is 16.1. The number of hydrogen-bond donors (Lipinski definition) is 2. The third-order valence-corrected chi connectivity index (χ3v) is 3.80. The van der Waals surface area contributed by atoms with Gasteiger partial charge in [-0.25, -0.2) is 4.39 Å². The zero-order valence-corrected chi connectivity index (χ0v) is 13.4. The van der Waals surface area contributed by atoms with Gasteiger partial charge in [-0.3, -0.25) is 4.99 Å². The SMILES string of the molecule is CCc1ccc(Oc2ccc(NCC3=NC=CC3)cc2F)c(O)c1. The summed E-state index contributed by atoms with van der Waals surface area (Å²) in [6.45, 7) is 2.57. The lowest BCUT2D eigenvalue weighted by Gasteiger charge is -2.11. The van der Waals surface area contributed by atoms with Crippen LogP contribution in [0.4, 0.5) is 10.1 Å². The number of aromatic hydroxyl groups is 1. The molecule has 2 aromatic carbocycles. The Labute approximate surface area is 140 Å². The van der Waals surface area contributed by atoms with E-state index in [0.717, 1.165) is 24.1 Å². The molecule has 0 fully saturated rings. The third kappa shape index (κ3) is 3.74. The van der Waals surface area contributed by atoms with Crippen molar-refractivity contribution in [3.8, 4) is 17.2 Å². The number of nitrogens with zero attached hydrogens (tertiary/aromatic N) is 1. The number of ether oxygens (including phenoxy) is 1. The zero-order chi connectivity index (χ0) is 16.9. The smallest absolute Gasteiger partial charge is 0.169 e. The largest absolute Gasteiger partial charge is 0.504 e. The van der Waals surface area contributed by atoms with Gasteiger partial charge >= 0.3 is 0 Å². The first-order valence-corrected chi connectivity index (χ1v) is 7.89. The Morgan fingerprint density at radius 2 is 2.04 bits per heavy atom. The number of phenols is 1. The van der Waals surface area contributed by atoms with Gasteiger partial charge in [0.2, 0.25) is 0 Å². The summed E-state index contributed by atoms with van der Waals surface area (Å²) in [4.78, 5) is 4.20. The molecule has 124 valence electrons. The molecular weight excluding hydrogens is 307 g/mol. The van der Waals surface area contributed by atoms with Gasteiger partial charge in [0.15, 0.2) is 23.1 Å². The van der Waals surface area contributed by atoms with Crippen molar-refractivity contribution in [2.45, 2.75) is 19.8 Å². The normalized spacial score (nSPS) is 13.0. The third-order valence-electron chi connectivity index (χ3n) is 3.80. The molecule has 0 saturated heterocycles. The van der Waals surface area contributed by atoms with Gasteiger partial charge < -0.3 is 15.2 Å². The van der Waals surface area contributed by atoms with Crippen LogP contribution in [0.1, 0.15) is 18.9 Å². The average molecular weight is 326 g/mol. The van der Waals surface area contributed by atoms with Crippen LogP contribution < -0.4 is 10.1 Å². The highest BCUT2D eigenvalue weighted by molar-refractivity contribution is 5.91. The fourth-order valence-electron chi connectivity index (χ4n) is 2.40. The van der Waals surface area contributed by atoms with Gasteiger partial charge in [-0.15, -0.1) is 0 Å². The standard InChI is InChI=1S/C19H19FN2O2/c1-2-13-5-7-19(17(23)10-13)24-18-8-6-14(11-16(18)20)22-12-15-4-3-9-21-15/h3,5-11,22-23H,2,4,12H2,1H3. The van der Waals surface area contributed by atoms with E-state index in [1.807, 2.05) is 19.1 Å². The molecule has 1 aliphatic heterocycles. The van der Waals surface area contributed by atoms with E-state index >= 15 is 0 Å². The highest BCUT2D eigenvalue weighted by Gasteiger charge is 2.10. The lowest BCUT2D eigenvalue weighted by atomic mass is 10.1. The van der Waals surface area contributed by atoms with Crippen molar-refractivity contribution in [2.75, 3.05) is 11.9 Å². The number of hydrogen-bond acceptors (Lipinski definition) is 4. The summed E-state index contributed by atoms with van der Waals surface area (Å²) < 4.78 is 19.7. The molecule has 3 rings (SSSR count). The molecule has 0 atom stereocenters. The number of anilines is 1. The van der Waals surface area contributed by atoms with E-state index in [2.05, 4.69) is 10.3 Å². The molecular formula is C19H19FN2O2. The van der Waals surface area contributed by atoms with Crippen molar-refractivity contribution < 1.29 is 14.2 Å². The maximum absolute atomic E-state index is 14.2. The molecule has 0 aliphatic carbocycles. The van der Waals surface area contributed by atoms with Gasteiger partial charge in [0.1, 0.15) is 0 Å². The van der Waals surface area contributed by atoms with Crippen molar-refractivity contribution in [3.05, 3.63) is 60.1 Å². The minimum Gasteiger partial charge on any atom is -0.504 e. The summed E-state index contributed by atoms with van der Waals surface area (Å²) in [5.74, 6) is -0.189. The number of phenolic OH excluding ortho intramolecular Hbond substituents is 1. The second-order valence-electron chi connectivity index (χ2n) is 5.54. The van der Waals surface area contributed by atoms with E-state index in [1.54, 1.807) is 30.5 Å². The minimum atomic E-state index is -0.495. The Kier molecular flexibility index (Phi) is 4.79. The van der Waals surface area contributed by atoms with E-state index in [-0.39, 0.29) is 17.2 Å². The molecule has 0 aromatic heterocycles. The molecule has 0 radical (unpaired) electrons. The van der Waals surface area contributed by atoms with Crippen LogP contribution in [0.5, 0.6) is 17.2 Å². The molecule has 0 spiro atoms. The molecule has 0 unspecified atom stereocenters. The first-order chi connectivity index (χ1) is 11.7.